The van der Waals surface area contributed by atoms with Crippen LogP contribution in [0.15, 0.2) is 60.7 Å². The number of nitrogens with zero attached hydrogens (tertiary/aromatic N) is 3. The van der Waals surface area contributed by atoms with Crippen LogP contribution < -0.4 is 0 Å². The SMILES string of the molecule is CC=CCc1nc(C(=O)C2CCCCC2)nn1Cc1ccc(-c2ccccc2C(=O)O)cc1. The van der Waals surface area contributed by atoms with Gasteiger partial charge in [-0.3, -0.25) is 4.79 Å². The minimum Gasteiger partial charge on any atom is -0.478 e. The summed E-state index contributed by atoms with van der Waals surface area (Å²) in [7, 11) is 0. The van der Waals surface area contributed by atoms with Crippen LogP contribution in [0, 0.1) is 5.92 Å². The first-order valence-corrected chi connectivity index (χ1v) is 11.6. The monoisotopic (exact) mass is 443 g/mol. The van der Waals surface area contributed by atoms with Gasteiger partial charge in [-0.15, -0.1) is 5.10 Å². The summed E-state index contributed by atoms with van der Waals surface area (Å²) >= 11 is 0. The molecular formula is C27H29N3O3. The highest BCUT2D eigenvalue weighted by atomic mass is 16.4. The summed E-state index contributed by atoms with van der Waals surface area (Å²) in [5.41, 5.74) is 2.82. The van der Waals surface area contributed by atoms with E-state index in [9.17, 15) is 14.7 Å². The summed E-state index contributed by atoms with van der Waals surface area (Å²) in [5.74, 6) is 0.260. The predicted molar refractivity (Wildman–Crippen MR) is 127 cm³/mol. The van der Waals surface area contributed by atoms with Crippen LogP contribution in [0.25, 0.3) is 11.1 Å². The summed E-state index contributed by atoms with van der Waals surface area (Å²) in [6, 6.07) is 14.8. The number of carbonyl (C=O) groups is 2. The van der Waals surface area contributed by atoms with Gasteiger partial charge in [0.25, 0.3) is 0 Å². The molecule has 1 saturated carbocycles. The van der Waals surface area contributed by atoms with Gasteiger partial charge in [0.15, 0.2) is 0 Å². The number of aromatic nitrogens is 3. The Morgan fingerprint density at radius 3 is 2.48 bits per heavy atom. The van der Waals surface area contributed by atoms with E-state index in [1.165, 1.54) is 6.42 Å². The number of aromatic carboxylic acids is 1. The molecule has 0 bridgehead atoms. The Morgan fingerprint density at radius 2 is 1.79 bits per heavy atom. The topological polar surface area (TPSA) is 85.1 Å². The summed E-state index contributed by atoms with van der Waals surface area (Å²) in [6.45, 7) is 2.46. The van der Waals surface area contributed by atoms with Crippen molar-refractivity contribution in [3.63, 3.8) is 0 Å². The third-order valence-electron chi connectivity index (χ3n) is 6.24. The van der Waals surface area contributed by atoms with E-state index in [1.54, 1.807) is 12.1 Å². The lowest BCUT2D eigenvalue weighted by atomic mass is 9.86. The Balaban J connectivity index is 1.57. The first-order chi connectivity index (χ1) is 16.1. The second kappa shape index (κ2) is 10.4. The van der Waals surface area contributed by atoms with Gasteiger partial charge in [-0.25, -0.2) is 14.5 Å². The second-order valence-corrected chi connectivity index (χ2v) is 8.53. The Labute approximate surface area is 194 Å². The van der Waals surface area contributed by atoms with Gasteiger partial charge in [0.05, 0.1) is 12.1 Å². The smallest absolute Gasteiger partial charge is 0.336 e. The molecule has 0 spiro atoms. The van der Waals surface area contributed by atoms with E-state index in [0.717, 1.165) is 42.6 Å². The van der Waals surface area contributed by atoms with Crippen molar-refractivity contribution in [2.75, 3.05) is 0 Å². The molecular weight excluding hydrogens is 414 g/mol. The Kier molecular flexibility index (Phi) is 7.13. The van der Waals surface area contributed by atoms with Gasteiger partial charge in [-0.1, -0.05) is 73.9 Å². The van der Waals surface area contributed by atoms with Gasteiger partial charge in [0.1, 0.15) is 5.82 Å². The largest absolute Gasteiger partial charge is 0.478 e. The molecule has 1 aromatic heterocycles. The number of rotatable bonds is 8. The fraction of sp³-hybridized carbons (Fsp3) is 0.333. The molecule has 33 heavy (non-hydrogen) atoms. The lowest BCUT2D eigenvalue weighted by molar-refractivity contribution is 0.0697. The summed E-state index contributed by atoms with van der Waals surface area (Å²) in [5, 5.41) is 14.1. The van der Waals surface area contributed by atoms with Crippen LogP contribution in [0.1, 0.15) is 71.4 Å². The molecule has 0 unspecified atom stereocenters. The van der Waals surface area contributed by atoms with Gasteiger partial charge in [0.2, 0.25) is 11.6 Å². The molecule has 3 aromatic rings. The summed E-state index contributed by atoms with van der Waals surface area (Å²) in [6.07, 6.45) is 9.85. The minimum atomic E-state index is -0.943. The van der Waals surface area contributed by atoms with Crippen molar-refractivity contribution >= 4 is 11.8 Å². The average Bonchev–Trinajstić information content (AvgIpc) is 3.25. The van der Waals surface area contributed by atoms with E-state index in [1.807, 2.05) is 60.2 Å². The first kappa shape index (κ1) is 22.6. The quantitative estimate of drug-likeness (QED) is 0.363. The standard InChI is InChI=1S/C27H29N3O3/c1-2-3-13-24-28-26(25(31)21-9-5-4-6-10-21)29-30(24)18-19-14-16-20(17-15-19)22-11-7-8-12-23(22)27(32)33/h2-3,7-8,11-12,14-17,21H,4-6,9-10,13,18H2,1H3,(H,32,33). The number of benzene rings is 2. The third kappa shape index (κ3) is 5.28. The van der Waals surface area contributed by atoms with Crippen LogP contribution in [0.3, 0.4) is 0 Å². The Morgan fingerprint density at radius 1 is 1.06 bits per heavy atom. The molecule has 1 aliphatic rings. The molecule has 0 aliphatic heterocycles. The number of Topliss-reactive ketones (excluding diaryl/α,β-unsaturated/α-hetero) is 1. The molecule has 0 radical (unpaired) electrons. The van der Waals surface area contributed by atoms with Crippen molar-refractivity contribution in [3.8, 4) is 11.1 Å². The van der Waals surface area contributed by atoms with Gasteiger partial charge in [0, 0.05) is 12.3 Å². The number of allylic oxidation sites excluding steroid dienone is 2. The summed E-state index contributed by atoms with van der Waals surface area (Å²) in [4.78, 5) is 29.1. The maximum atomic E-state index is 13.0. The normalized spacial score (nSPS) is 14.6. The van der Waals surface area contributed by atoms with Crippen LogP contribution in [-0.4, -0.2) is 31.6 Å². The van der Waals surface area contributed by atoms with Crippen molar-refractivity contribution in [3.05, 3.63) is 83.5 Å². The molecule has 2 aromatic carbocycles. The van der Waals surface area contributed by atoms with Crippen molar-refractivity contribution in [2.45, 2.75) is 52.0 Å². The highest BCUT2D eigenvalue weighted by Gasteiger charge is 2.26. The van der Waals surface area contributed by atoms with E-state index >= 15 is 0 Å². The molecule has 6 heteroatoms. The maximum absolute atomic E-state index is 13.0. The minimum absolute atomic E-state index is 0.0396. The molecule has 0 amide bonds. The number of hydrogen-bond donors (Lipinski definition) is 1. The summed E-state index contributed by atoms with van der Waals surface area (Å²) < 4.78 is 1.82. The van der Waals surface area contributed by atoms with Gasteiger partial charge in [-0.2, -0.15) is 0 Å². The van der Waals surface area contributed by atoms with E-state index in [4.69, 9.17) is 0 Å². The van der Waals surface area contributed by atoms with E-state index in [2.05, 4.69) is 10.1 Å². The Bertz CT molecular complexity index is 1160. The van der Waals surface area contributed by atoms with Crippen LogP contribution >= 0.6 is 0 Å². The van der Waals surface area contributed by atoms with E-state index in [-0.39, 0.29) is 17.3 Å². The molecule has 0 atom stereocenters. The number of ketones is 1. The van der Waals surface area contributed by atoms with Crippen LogP contribution in [0.4, 0.5) is 0 Å². The van der Waals surface area contributed by atoms with Crippen molar-refractivity contribution in [1.82, 2.24) is 14.8 Å². The Hall–Kier alpha value is -3.54. The number of carboxylic acid groups (broad SMARTS) is 1. The van der Waals surface area contributed by atoms with E-state index in [0.29, 0.717) is 24.4 Å². The van der Waals surface area contributed by atoms with E-state index < -0.39 is 5.97 Å². The third-order valence-corrected chi connectivity index (χ3v) is 6.24. The molecule has 4 rings (SSSR count). The zero-order valence-electron chi connectivity index (χ0n) is 18.9. The zero-order chi connectivity index (χ0) is 23.2. The highest BCUT2D eigenvalue weighted by molar-refractivity contribution is 5.96. The van der Waals surface area contributed by atoms with Gasteiger partial charge in [-0.05, 0) is 42.5 Å². The molecule has 1 N–H and O–H groups in total. The molecule has 0 saturated heterocycles. The van der Waals surface area contributed by atoms with Gasteiger partial charge < -0.3 is 5.11 Å². The lowest BCUT2D eigenvalue weighted by Crippen LogP contribution is -2.19. The number of hydrogen-bond acceptors (Lipinski definition) is 4. The van der Waals surface area contributed by atoms with Crippen LogP contribution in [0.2, 0.25) is 0 Å². The highest BCUT2D eigenvalue weighted by Crippen LogP contribution is 2.27. The zero-order valence-corrected chi connectivity index (χ0v) is 18.9. The van der Waals surface area contributed by atoms with Crippen LogP contribution in [-0.2, 0) is 13.0 Å². The molecule has 6 nitrogen and oxygen atoms in total. The number of carbonyl (C=O) groups excluding carboxylic acids is 1. The predicted octanol–water partition coefficient (Wildman–Crippen LogP) is 5.57. The fourth-order valence-corrected chi connectivity index (χ4v) is 4.41. The molecule has 1 fully saturated rings. The van der Waals surface area contributed by atoms with Crippen LogP contribution in [0.5, 0.6) is 0 Å². The fourth-order valence-electron chi connectivity index (χ4n) is 4.41. The lowest BCUT2D eigenvalue weighted by Gasteiger charge is -2.18. The van der Waals surface area contributed by atoms with Crippen molar-refractivity contribution in [1.29, 1.82) is 0 Å². The maximum Gasteiger partial charge on any atom is 0.336 e. The van der Waals surface area contributed by atoms with Crippen molar-refractivity contribution in [2.24, 2.45) is 5.92 Å². The van der Waals surface area contributed by atoms with Gasteiger partial charge >= 0.3 is 5.97 Å². The average molecular weight is 444 g/mol. The first-order valence-electron chi connectivity index (χ1n) is 11.6. The number of carboxylic acids is 1. The molecule has 170 valence electrons. The second-order valence-electron chi connectivity index (χ2n) is 8.53. The molecule has 1 heterocycles. The van der Waals surface area contributed by atoms with Crippen molar-refractivity contribution < 1.29 is 14.7 Å². The molecule has 1 aliphatic carbocycles.